The fourth-order valence-electron chi connectivity index (χ4n) is 1.77. The van der Waals surface area contributed by atoms with Gasteiger partial charge in [-0.15, -0.1) is 0 Å². The summed E-state index contributed by atoms with van der Waals surface area (Å²) in [5, 5.41) is 4.26. The summed E-state index contributed by atoms with van der Waals surface area (Å²) in [4.78, 5) is 0. The molecule has 0 aliphatic carbocycles. The zero-order valence-corrected chi connectivity index (χ0v) is 14.2. The maximum Gasteiger partial charge on any atom is 0.0489 e. The number of nitrogens with one attached hydrogen (secondary N) is 1. The second kappa shape index (κ2) is 8.96. The van der Waals surface area contributed by atoms with Gasteiger partial charge in [0, 0.05) is 28.8 Å². The molecule has 0 aliphatic heterocycles. The van der Waals surface area contributed by atoms with E-state index in [4.69, 9.17) is 16.3 Å². The van der Waals surface area contributed by atoms with Gasteiger partial charge in [-0.25, -0.2) is 0 Å². The highest BCUT2D eigenvalue weighted by molar-refractivity contribution is 9.10. The lowest BCUT2D eigenvalue weighted by atomic mass is 10.1. The fourth-order valence-corrected chi connectivity index (χ4v) is 2.61. The average molecular weight is 349 g/mol. The van der Waals surface area contributed by atoms with E-state index in [0.717, 1.165) is 41.2 Å². The van der Waals surface area contributed by atoms with E-state index in [1.54, 1.807) is 0 Å². The molecule has 1 aromatic carbocycles. The van der Waals surface area contributed by atoms with Crippen LogP contribution >= 0.6 is 27.5 Å². The summed E-state index contributed by atoms with van der Waals surface area (Å²) in [6.07, 6.45) is 1.02. The molecule has 1 unspecified atom stereocenters. The number of hydrogen-bond donors (Lipinski definition) is 1. The molecule has 19 heavy (non-hydrogen) atoms. The van der Waals surface area contributed by atoms with E-state index in [2.05, 4.69) is 48.1 Å². The van der Waals surface area contributed by atoms with Crippen molar-refractivity contribution in [1.29, 1.82) is 0 Å². The van der Waals surface area contributed by atoms with Crippen LogP contribution in [-0.4, -0.2) is 19.8 Å². The van der Waals surface area contributed by atoms with Crippen LogP contribution in [0.25, 0.3) is 0 Å². The summed E-state index contributed by atoms with van der Waals surface area (Å²) in [5.74, 6) is 0.605. The minimum atomic E-state index is 0.255. The monoisotopic (exact) mass is 347 g/mol. The van der Waals surface area contributed by atoms with Gasteiger partial charge in [0.1, 0.15) is 0 Å². The summed E-state index contributed by atoms with van der Waals surface area (Å²) < 4.78 is 6.56. The van der Waals surface area contributed by atoms with Gasteiger partial charge in [0.25, 0.3) is 0 Å². The first-order chi connectivity index (χ1) is 9.00. The molecule has 0 fully saturated rings. The summed E-state index contributed by atoms with van der Waals surface area (Å²) in [5.41, 5.74) is 1.13. The molecule has 108 valence electrons. The highest BCUT2D eigenvalue weighted by atomic mass is 79.9. The fraction of sp³-hybridized carbons (Fsp3) is 0.600. The van der Waals surface area contributed by atoms with E-state index in [-0.39, 0.29) is 6.04 Å². The lowest BCUT2D eigenvalue weighted by molar-refractivity contribution is 0.107. The molecule has 1 rings (SSSR count). The van der Waals surface area contributed by atoms with E-state index in [1.165, 1.54) is 0 Å². The molecule has 2 nitrogen and oxygen atoms in total. The van der Waals surface area contributed by atoms with Gasteiger partial charge >= 0.3 is 0 Å². The minimum absolute atomic E-state index is 0.255. The Morgan fingerprint density at radius 3 is 2.68 bits per heavy atom. The lowest BCUT2D eigenvalue weighted by Crippen LogP contribution is -2.21. The van der Waals surface area contributed by atoms with Crippen LogP contribution in [0.5, 0.6) is 0 Å². The van der Waals surface area contributed by atoms with Gasteiger partial charge < -0.3 is 10.1 Å². The third kappa shape index (κ3) is 6.75. The first-order valence-electron chi connectivity index (χ1n) is 6.76. The largest absolute Gasteiger partial charge is 0.381 e. The van der Waals surface area contributed by atoms with Crippen molar-refractivity contribution in [3.63, 3.8) is 0 Å². The normalized spacial score (nSPS) is 12.9. The average Bonchev–Trinajstić information content (AvgIpc) is 2.32. The van der Waals surface area contributed by atoms with Gasteiger partial charge in [-0.05, 0) is 43.5 Å². The van der Waals surface area contributed by atoms with E-state index < -0.39 is 0 Å². The second-order valence-corrected chi connectivity index (χ2v) is 6.49. The van der Waals surface area contributed by atoms with Crippen molar-refractivity contribution in [1.82, 2.24) is 5.32 Å². The molecule has 0 heterocycles. The topological polar surface area (TPSA) is 21.3 Å². The van der Waals surface area contributed by atoms with Crippen LogP contribution in [-0.2, 0) is 4.74 Å². The first kappa shape index (κ1) is 17.0. The summed E-state index contributed by atoms with van der Waals surface area (Å²) in [7, 11) is 0. The van der Waals surface area contributed by atoms with E-state index >= 15 is 0 Å². The molecule has 0 saturated heterocycles. The van der Waals surface area contributed by atoms with Crippen LogP contribution < -0.4 is 5.32 Å². The molecule has 0 saturated carbocycles. The first-order valence-corrected chi connectivity index (χ1v) is 7.94. The Morgan fingerprint density at radius 2 is 2.05 bits per heavy atom. The maximum atomic E-state index is 6.23. The molecule has 0 aromatic heterocycles. The van der Waals surface area contributed by atoms with Crippen molar-refractivity contribution in [2.24, 2.45) is 5.92 Å². The molecule has 1 aromatic rings. The molecule has 0 bridgehead atoms. The zero-order chi connectivity index (χ0) is 14.3. The van der Waals surface area contributed by atoms with Gasteiger partial charge in [-0.1, -0.05) is 47.4 Å². The van der Waals surface area contributed by atoms with Crippen molar-refractivity contribution in [3.05, 3.63) is 33.3 Å². The quantitative estimate of drug-likeness (QED) is 0.680. The van der Waals surface area contributed by atoms with E-state index in [1.807, 2.05) is 12.1 Å². The highest BCUT2D eigenvalue weighted by Crippen LogP contribution is 2.26. The third-order valence-corrected chi connectivity index (χ3v) is 3.62. The molecule has 0 aliphatic rings. The predicted molar refractivity (Wildman–Crippen MR) is 85.8 cm³/mol. The van der Waals surface area contributed by atoms with Crippen LogP contribution in [0.1, 0.15) is 38.8 Å². The predicted octanol–water partition coefficient (Wildman–Crippen LogP) is 4.82. The van der Waals surface area contributed by atoms with Crippen molar-refractivity contribution in [2.75, 3.05) is 19.8 Å². The summed E-state index contributed by atoms with van der Waals surface area (Å²) in [6, 6.07) is 6.26. The molecular weight excluding hydrogens is 326 g/mol. The number of benzene rings is 1. The maximum absolute atomic E-state index is 6.23. The van der Waals surface area contributed by atoms with Gasteiger partial charge in [-0.3, -0.25) is 0 Å². The number of hydrogen-bond acceptors (Lipinski definition) is 2. The van der Waals surface area contributed by atoms with Crippen molar-refractivity contribution in [3.8, 4) is 0 Å². The number of rotatable bonds is 8. The molecular formula is C15H23BrClNO. The van der Waals surface area contributed by atoms with Crippen LogP contribution in [0, 0.1) is 5.92 Å². The third-order valence-electron chi connectivity index (χ3n) is 2.80. The SMILES string of the molecule is CC(C)COCCCNC(C)c1ccc(Br)cc1Cl. The van der Waals surface area contributed by atoms with Gasteiger partial charge in [-0.2, -0.15) is 0 Å². The highest BCUT2D eigenvalue weighted by Gasteiger charge is 2.08. The standard InChI is InChI=1S/C15H23BrClNO/c1-11(2)10-19-8-4-7-18-12(3)14-6-5-13(16)9-15(14)17/h5-6,9,11-12,18H,4,7-8,10H2,1-3H3. The Labute approximate surface area is 130 Å². The van der Waals surface area contributed by atoms with Gasteiger partial charge in [0.05, 0.1) is 0 Å². The van der Waals surface area contributed by atoms with Crippen LogP contribution in [0.4, 0.5) is 0 Å². The molecule has 0 spiro atoms. The molecule has 1 N–H and O–H groups in total. The smallest absolute Gasteiger partial charge is 0.0489 e. The summed E-state index contributed by atoms with van der Waals surface area (Å²) in [6.45, 7) is 9.04. The zero-order valence-electron chi connectivity index (χ0n) is 11.9. The number of halogens is 2. The molecule has 1 atom stereocenters. The summed E-state index contributed by atoms with van der Waals surface area (Å²) >= 11 is 9.64. The van der Waals surface area contributed by atoms with Crippen molar-refractivity contribution in [2.45, 2.75) is 33.2 Å². The molecule has 0 radical (unpaired) electrons. The molecule has 4 heteroatoms. The van der Waals surface area contributed by atoms with Gasteiger partial charge in [0.2, 0.25) is 0 Å². The van der Waals surface area contributed by atoms with Crippen molar-refractivity contribution >= 4 is 27.5 Å². The lowest BCUT2D eigenvalue weighted by Gasteiger charge is -2.16. The Morgan fingerprint density at radius 1 is 1.32 bits per heavy atom. The van der Waals surface area contributed by atoms with E-state index in [0.29, 0.717) is 5.92 Å². The van der Waals surface area contributed by atoms with Crippen LogP contribution in [0.3, 0.4) is 0 Å². The Bertz CT molecular complexity index is 384. The van der Waals surface area contributed by atoms with Gasteiger partial charge in [0.15, 0.2) is 0 Å². The Balaban J connectivity index is 2.25. The van der Waals surface area contributed by atoms with Crippen LogP contribution in [0.2, 0.25) is 5.02 Å². The minimum Gasteiger partial charge on any atom is -0.381 e. The van der Waals surface area contributed by atoms with Crippen molar-refractivity contribution < 1.29 is 4.74 Å². The van der Waals surface area contributed by atoms with E-state index in [9.17, 15) is 0 Å². The number of ether oxygens (including phenoxy) is 1. The second-order valence-electron chi connectivity index (χ2n) is 5.16. The Hall–Kier alpha value is -0.0900. The van der Waals surface area contributed by atoms with Crippen LogP contribution in [0.15, 0.2) is 22.7 Å². The molecule has 0 amide bonds. The Kier molecular flexibility index (Phi) is 8.00.